The van der Waals surface area contributed by atoms with E-state index in [1.54, 1.807) is 4.90 Å². The monoisotopic (exact) mass is 506 g/mol. The number of halogens is 4. The second-order valence-electron chi connectivity index (χ2n) is 8.77. The van der Waals surface area contributed by atoms with Gasteiger partial charge in [0.25, 0.3) is 5.95 Å². The van der Waals surface area contributed by atoms with Gasteiger partial charge in [-0.3, -0.25) is 4.90 Å². The molecule has 1 aliphatic carbocycles. The van der Waals surface area contributed by atoms with Crippen LogP contribution in [0.25, 0.3) is 0 Å². The number of benzene rings is 1. The van der Waals surface area contributed by atoms with Crippen LogP contribution in [0.15, 0.2) is 27.6 Å². The van der Waals surface area contributed by atoms with Gasteiger partial charge in [-0.2, -0.15) is 18.2 Å². The molecule has 1 saturated heterocycles. The first-order chi connectivity index (χ1) is 16.0. The number of nitrogens with zero attached hydrogens (tertiary/aromatic N) is 4. The topological polar surface area (TPSA) is 88.8 Å². The van der Waals surface area contributed by atoms with E-state index in [-0.39, 0.29) is 22.5 Å². The van der Waals surface area contributed by atoms with E-state index in [9.17, 15) is 26.0 Å². The second-order valence-corrected chi connectivity index (χ2v) is 10.8. The van der Waals surface area contributed by atoms with E-state index >= 15 is 0 Å². The van der Waals surface area contributed by atoms with Crippen LogP contribution in [-0.2, 0) is 16.0 Å². The van der Waals surface area contributed by atoms with Gasteiger partial charge in [0.15, 0.2) is 21.4 Å². The van der Waals surface area contributed by atoms with Gasteiger partial charge in [-0.25, -0.2) is 12.8 Å². The molecule has 188 valence electrons. The van der Waals surface area contributed by atoms with Gasteiger partial charge in [-0.05, 0) is 55.0 Å². The summed E-state index contributed by atoms with van der Waals surface area (Å²) in [4.78, 5) is 7.40. The Morgan fingerprint density at radius 1 is 1.12 bits per heavy atom. The maximum Gasteiger partial charge on any atom is 0.471 e. The number of aromatic nitrogens is 2. The molecule has 0 bridgehead atoms. The minimum Gasteiger partial charge on any atom is -0.490 e. The summed E-state index contributed by atoms with van der Waals surface area (Å²) in [7, 11) is -3.48. The lowest BCUT2D eigenvalue weighted by atomic mass is 9.85. The van der Waals surface area contributed by atoms with Crippen LogP contribution >= 0.6 is 0 Å². The molecule has 2 aliphatic rings. The van der Waals surface area contributed by atoms with E-state index in [0.29, 0.717) is 38.8 Å². The van der Waals surface area contributed by atoms with Crippen LogP contribution in [0.5, 0.6) is 5.75 Å². The van der Waals surface area contributed by atoms with Crippen molar-refractivity contribution in [3.8, 4) is 5.75 Å². The van der Waals surface area contributed by atoms with Crippen LogP contribution in [-0.4, -0.2) is 68.5 Å². The fourth-order valence-electron chi connectivity index (χ4n) is 4.46. The summed E-state index contributed by atoms with van der Waals surface area (Å²) in [5.41, 5.74) is 0. The fourth-order valence-corrected chi connectivity index (χ4v) is 5.09. The van der Waals surface area contributed by atoms with Crippen molar-refractivity contribution in [2.45, 2.75) is 42.8 Å². The van der Waals surface area contributed by atoms with Crippen molar-refractivity contribution in [2.24, 2.45) is 5.92 Å². The first-order valence-corrected chi connectivity index (χ1v) is 12.9. The van der Waals surface area contributed by atoms with Crippen molar-refractivity contribution >= 4 is 15.8 Å². The van der Waals surface area contributed by atoms with Gasteiger partial charge in [-0.1, -0.05) is 0 Å². The predicted octanol–water partition coefficient (Wildman–Crippen LogP) is 3.39. The highest BCUT2D eigenvalue weighted by atomic mass is 32.2. The Hall–Kier alpha value is -2.41. The molecule has 0 atom stereocenters. The fraction of sp³-hybridized carbons (Fsp3) is 0.619. The van der Waals surface area contributed by atoms with Gasteiger partial charge < -0.3 is 14.2 Å². The van der Waals surface area contributed by atoms with Gasteiger partial charge in [0.05, 0.1) is 11.5 Å². The largest absolute Gasteiger partial charge is 0.490 e. The molecule has 2 heterocycles. The lowest BCUT2D eigenvalue weighted by Gasteiger charge is -2.41. The number of alkyl halides is 3. The Morgan fingerprint density at radius 2 is 1.79 bits per heavy atom. The molecule has 8 nitrogen and oxygen atoms in total. The maximum atomic E-state index is 14.2. The molecule has 34 heavy (non-hydrogen) atoms. The first kappa shape index (κ1) is 24.7. The molecule has 1 aromatic heterocycles. The van der Waals surface area contributed by atoms with Gasteiger partial charge >= 0.3 is 12.1 Å². The Morgan fingerprint density at radius 3 is 2.35 bits per heavy atom. The molecule has 0 radical (unpaired) electrons. The van der Waals surface area contributed by atoms with Crippen LogP contribution in [0.4, 0.5) is 23.5 Å². The van der Waals surface area contributed by atoms with Gasteiger partial charge in [-0.15, -0.1) is 0 Å². The molecule has 2 aromatic rings. The normalized spacial score (nSPS) is 22.7. The molecule has 1 aliphatic heterocycles. The smallest absolute Gasteiger partial charge is 0.471 e. The van der Waals surface area contributed by atoms with Crippen molar-refractivity contribution in [1.82, 2.24) is 15.0 Å². The Bertz CT molecular complexity index is 1090. The van der Waals surface area contributed by atoms with Crippen LogP contribution in [0.3, 0.4) is 0 Å². The number of sulfone groups is 1. The number of rotatable bonds is 6. The third-order valence-corrected chi connectivity index (χ3v) is 7.50. The number of ether oxygens (including phenoxy) is 1. The molecule has 0 amide bonds. The molecule has 4 rings (SSSR count). The molecular formula is C21H26F4N4O4S. The first-order valence-electron chi connectivity index (χ1n) is 11.0. The average Bonchev–Trinajstić information content (AvgIpc) is 3.29. The summed E-state index contributed by atoms with van der Waals surface area (Å²) in [6.45, 7) is 2.78. The summed E-state index contributed by atoms with van der Waals surface area (Å²) < 4.78 is 85.2. The summed E-state index contributed by atoms with van der Waals surface area (Å²) in [6, 6.07) is 4.03. The van der Waals surface area contributed by atoms with Crippen LogP contribution in [0.2, 0.25) is 0 Å². The summed E-state index contributed by atoms with van der Waals surface area (Å²) in [5.74, 6) is -1.76. The zero-order chi connectivity index (χ0) is 24.5. The highest BCUT2D eigenvalue weighted by Crippen LogP contribution is 2.31. The molecule has 0 spiro atoms. The Labute approximate surface area is 194 Å². The van der Waals surface area contributed by atoms with Crippen LogP contribution < -0.4 is 9.64 Å². The molecular weight excluding hydrogens is 480 g/mol. The van der Waals surface area contributed by atoms with Crippen molar-refractivity contribution in [2.75, 3.05) is 43.9 Å². The van der Waals surface area contributed by atoms with Crippen LogP contribution in [0.1, 0.15) is 31.6 Å². The number of hydrogen-bond acceptors (Lipinski definition) is 8. The molecule has 1 saturated carbocycles. The molecule has 0 unspecified atom stereocenters. The minimum absolute atomic E-state index is 0.0374. The van der Waals surface area contributed by atoms with Crippen molar-refractivity contribution in [3.63, 3.8) is 0 Å². The molecule has 0 N–H and O–H groups in total. The third kappa shape index (κ3) is 5.80. The van der Waals surface area contributed by atoms with Gasteiger partial charge in [0.1, 0.15) is 0 Å². The highest BCUT2D eigenvalue weighted by molar-refractivity contribution is 7.90. The van der Waals surface area contributed by atoms with Gasteiger partial charge in [0, 0.05) is 38.5 Å². The van der Waals surface area contributed by atoms with Gasteiger partial charge in [0.2, 0.25) is 0 Å². The van der Waals surface area contributed by atoms with E-state index in [1.165, 1.54) is 12.1 Å². The van der Waals surface area contributed by atoms with Crippen molar-refractivity contribution in [1.29, 1.82) is 0 Å². The number of anilines is 1. The van der Waals surface area contributed by atoms with Crippen LogP contribution in [0, 0.1) is 11.7 Å². The highest BCUT2D eigenvalue weighted by Gasteiger charge is 2.39. The molecule has 13 heteroatoms. The Balaban J connectivity index is 1.21. The lowest BCUT2D eigenvalue weighted by molar-refractivity contribution is -0.159. The molecule has 1 aromatic carbocycles. The zero-order valence-electron chi connectivity index (χ0n) is 18.6. The molecule has 2 fully saturated rings. The summed E-state index contributed by atoms with van der Waals surface area (Å²) in [6.07, 6.45) is 0.0890. The standard InChI is InChI=1S/C21H26F4N4O4S/c1-34(30,31)16-6-7-18(17(22)12-16)32-13-14-2-4-15(5-3-14)28-8-10-29(11-9-28)20-26-19(33-27-20)21(23,24)25/h6-7,12,14-15H,2-5,8-11,13H2,1H3/t14-,15-. The van der Waals surface area contributed by atoms with Crippen molar-refractivity contribution < 1.29 is 35.2 Å². The zero-order valence-corrected chi connectivity index (χ0v) is 19.4. The maximum absolute atomic E-state index is 14.2. The number of hydrogen-bond donors (Lipinski definition) is 0. The minimum atomic E-state index is -4.65. The Kier molecular flexibility index (Phi) is 7.04. The third-order valence-electron chi connectivity index (χ3n) is 6.39. The van der Waals surface area contributed by atoms with Crippen molar-refractivity contribution in [3.05, 3.63) is 29.9 Å². The quantitative estimate of drug-likeness (QED) is 0.551. The second kappa shape index (κ2) is 9.68. The number of piperazine rings is 1. The van der Waals surface area contributed by atoms with E-state index in [2.05, 4.69) is 19.6 Å². The van der Waals surface area contributed by atoms with E-state index in [0.717, 1.165) is 38.0 Å². The predicted molar refractivity (Wildman–Crippen MR) is 114 cm³/mol. The SMILES string of the molecule is CS(=O)(=O)c1ccc(OC[C@H]2CC[C@H](N3CCN(c4noc(C(F)(F)F)n4)CC3)CC2)c(F)c1. The average molecular weight is 507 g/mol. The van der Waals surface area contributed by atoms with E-state index in [1.807, 2.05) is 0 Å². The summed E-state index contributed by atoms with van der Waals surface area (Å²) >= 11 is 0. The van der Waals surface area contributed by atoms with E-state index < -0.39 is 27.7 Å². The lowest BCUT2D eigenvalue weighted by Crippen LogP contribution is -2.51. The summed E-state index contributed by atoms with van der Waals surface area (Å²) in [5, 5.41) is 3.45. The van der Waals surface area contributed by atoms with E-state index in [4.69, 9.17) is 4.74 Å².